The van der Waals surface area contributed by atoms with E-state index in [2.05, 4.69) is 21.2 Å². The minimum absolute atomic E-state index is 0.0420. The second kappa shape index (κ2) is 10.2. The number of aromatic nitrogens is 1. The van der Waals surface area contributed by atoms with Crippen molar-refractivity contribution >= 4 is 23.6 Å². The minimum atomic E-state index is -5.32. The third-order valence-corrected chi connectivity index (χ3v) is 9.11. The number of ether oxygens (including phenoxy) is 1. The molecule has 0 spiro atoms. The van der Waals surface area contributed by atoms with E-state index < -0.39 is 47.1 Å². The Kier molecular flexibility index (Phi) is 6.59. The number of primary amides is 1. The van der Waals surface area contributed by atoms with Crippen molar-refractivity contribution < 1.29 is 37.0 Å². The summed E-state index contributed by atoms with van der Waals surface area (Å²) in [6.45, 7) is -1.49. The van der Waals surface area contributed by atoms with Crippen LogP contribution in [0.3, 0.4) is 0 Å². The highest BCUT2D eigenvalue weighted by molar-refractivity contribution is 5.96. The zero-order valence-electron chi connectivity index (χ0n) is 23.8. The first-order valence-electron chi connectivity index (χ1n) is 14.6. The van der Waals surface area contributed by atoms with Crippen LogP contribution in [0, 0.1) is 17.7 Å². The maximum absolute atomic E-state index is 14.8. The molecule has 2 fully saturated rings. The first-order chi connectivity index (χ1) is 21.4. The lowest BCUT2D eigenvalue weighted by Crippen LogP contribution is -2.52. The number of allylic oxidation sites excluding steroid dienone is 1. The molecule has 4 aliphatic rings. The van der Waals surface area contributed by atoms with E-state index in [1.165, 1.54) is 18.2 Å². The molecule has 0 bridgehead atoms. The number of aliphatic hydroxyl groups is 1. The van der Waals surface area contributed by atoms with Gasteiger partial charge in [-0.1, -0.05) is 0 Å². The second-order valence-electron chi connectivity index (χ2n) is 12.1. The number of nitrogens with one attached hydrogen (secondary N) is 3. The molecule has 2 aliphatic carbocycles. The van der Waals surface area contributed by atoms with E-state index in [0.29, 0.717) is 30.0 Å². The van der Waals surface area contributed by atoms with E-state index in [-0.39, 0.29) is 40.7 Å². The Labute approximate surface area is 254 Å². The van der Waals surface area contributed by atoms with Gasteiger partial charge in [-0.2, -0.15) is 13.2 Å². The van der Waals surface area contributed by atoms with Gasteiger partial charge in [-0.25, -0.2) is 9.37 Å². The highest BCUT2D eigenvalue weighted by Gasteiger charge is 2.60. The van der Waals surface area contributed by atoms with Crippen LogP contribution in [0.1, 0.15) is 52.9 Å². The molecule has 1 aromatic heterocycles. The van der Waals surface area contributed by atoms with Crippen molar-refractivity contribution in [3.8, 4) is 17.0 Å². The van der Waals surface area contributed by atoms with Crippen molar-refractivity contribution in [1.29, 1.82) is 0 Å². The van der Waals surface area contributed by atoms with Crippen molar-refractivity contribution in [3.05, 3.63) is 82.4 Å². The highest BCUT2D eigenvalue weighted by Crippen LogP contribution is 2.56. The van der Waals surface area contributed by atoms with Gasteiger partial charge in [0.15, 0.2) is 0 Å². The van der Waals surface area contributed by atoms with E-state index >= 15 is 0 Å². The Hall–Kier alpha value is -4.65. The Bertz CT molecular complexity index is 1750. The van der Waals surface area contributed by atoms with E-state index in [1.807, 2.05) is 6.08 Å². The number of fused-ring (bicyclic) bond motifs is 2. The standard InChI is InChI=1S/C32H29F4N5O4/c33-21-8-3-17(4-9-21)26-27-22(30(15-45-27,29(37)43)20-6-7-20)13-25(39-26)31(44,32(34,35)36)14-38-28(42)18-5-10-23-19(11-18)12-24(41-40-23)16-1-2-16/h3-5,8-13,16,20,40-41,44H,1-2,6-7,14-15H2,(H2,37,43)(H,38,42)/t30-,31+/m1/s1. The molecule has 3 aromatic rings. The van der Waals surface area contributed by atoms with Gasteiger partial charge in [0.2, 0.25) is 11.5 Å². The van der Waals surface area contributed by atoms with Crippen molar-refractivity contribution in [2.75, 3.05) is 18.6 Å². The number of amides is 2. The maximum atomic E-state index is 14.8. The molecule has 2 aliphatic heterocycles. The van der Waals surface area contributed by atoms with E-state index in [4.69, 9.17) is 10.5 Å². The summed E-state index contributed by atoms with van der Waals surface area (Å²) in [5.74, 6) is -2.03. The molecule has 7 rings (SSSR count). The van der Waals surface area contributed by atoms with Gasteiger partial charge in [0, 0.05) is 33.9 Å². The lowest BCUT2D eigenvalue weighted by Gasteiger charge is -2.32. The van der Waals surface area contributed by atoms with Gasteiger partial charge >= 0.3 is 6.18 Å². The molecule has 0 radical (unpaired) electrons. The SMILES string of the molecule is NC(=O)[C@@]1(C2CC2)COc2c1cc([C@@](O)(CNC(=O)c1ccc3c(c1)C=C(C1CC1)NN3)C(F)(F)F)nc2-c1ccc(F)cc1. The van der Waals surface area contributed by atoms with Gasteiger partial charge in [-0.3, -0.25) is 9.59 Å². The Morgan fingerprint density at radius 2 is 1.80 bits per heavy atom. The topological polar surface area (TPSA) is 139 Å². The average molecular weight is 624 g/mol. The fourth-order valence-electron chi connectivity index (χ4n) is 6.15. The van der Waals surface area contributed by atoms with Crippen LogP contribution >= 0.6 is 0 Å². The summed E-state index contributed by atoms with van der Waals surface area (Å²) in [4.78, 5) is 30.2. The summed E-state index contributed by atoms with van der Waals surface area (Å²) in [5.41, 5.74) is 8.66. The number of benzene rings is 2. The van der Waals surface area contributed by atoms with Crippen LogP contribution in [0.25, 0.3) is 17.3 Å². The molecule has 9 nitrogen and oxygen atoms in total. The summed E-state index contributed by atoms with van der Waals surface area (Å²) >= 11 is 0. The zero-order valence-corrected chi connectivity index (χ0v) is 23.8. The number of nitrogens with zero attached hydrogens (tertiary/aromatic N) is 1. The number of alkyl halides is 3. The van der Waals surface area contributed by atoms with E-state index in [9.17, 15) is 32.3 Å². The fourth-order valence-corrected chi connectivity index (χ4v) is 6.15. The summed E-state index contributed by atoms with van der Waals surface area (Å²) in [7, 11) is 0. The number of rotatable bonds is 8. The molecular weight excluding hydrogens is 594 g/mol. The Morgan fingerprint density at radius 1 is 1.07 bits per heavy atom. The van der Waals surface area contributed by atoms with Crippen LogP contribution in [0.4, 0.5) is 23.2 Å². The molecule has 2 atom stereocenters. The molecule has 0 saturated heterocycles. The second-order valence-corrected chi connectivity index (χ2v) is 12.1. The monoisotopic (exact) mass is 623 g/mol. The van der Waals surface area contributed by atoms with Crippen LogP contribution in [0.2, 0.25) is 0 Å². The van der Waals surface area contributed by atoms with Crippen LogP contribution < -0.4 is 26.6 Å². The zero-order chi connectivity index (χ0) is 31.7. The van der Waals surface area contributed by atoms with Crippen molar-refractivity contribution in [1.82, 2.24) is 15.7 Å². The third-order valence-electron chi connectivity index (χ3n) is 9.11. The van der Waals surface area contributed by atoms with Crippen LogP contribution in [0.5, 0.6) is 5.75 Å². The quantitative estimate of drug-likeness (QED) is 0.236. The summed E-state index contributed by atoms with van der Waals surface area (Å²) < 4.78 is 64.1. The lowest BCUT2D eigenvalue weighted by atomic mass is 9.76. The number of pyridine rings is 1. The Morgan fingerprint density at radius 3 is 2.44 bits per heavy atom. The van der Waals surface area contributed by atoms with Crippen LogP contribution in [-0.2, 0) is 15.8 Å². The maximum Gasteiger partial charge on any atom is 0.424 e. The fraction of sp³-hybridized carbons (Fsp3) is 0.344. The molecule has 2 aromatic carbocycles. The van der Waals surface area contributed by atoms with Crippen molar-refractivity contribution in [2.24, 2.45) is 17.6 Å². The summed E-state index contributed by atoms with van der Waals surface area (Å²) in [5, 5.41) is 13.6. The molecule has 3 heterocycles. The molecule has 234 valence electrons. The largest absolute Gasteiger partial charge is 0.489 e. The predicted molar refractivity (Wildman–Crippen MR) is 155 cm³/mol. The number of carbonyl (C=O) groups excluding carboxylic acids is 2. The Balaban J connectivity index is 1.27. The van der Waals surface area contributed by atoms with Crippen molar-refractivity contribution in [3.63, 3.8) is 0 Å². The van der Waals surface area contributed by atoms with Gasteiger partial charge in [-0.15, -0.1) is 0 Å². The number of halogens is 4. The number of hydrogen-bond donors (Lipinski definition) is 5. The number of anilines is 1. The molecule has 45 heavy (non-hydrogen) atoms. The molecule has 13 heteroatoms. The van der Waals surface area contributed by atoms with E-state index in [1.54, 1.807) is 12.1 Å². The lowest BCUT2D eigenvalue weighted by molar-refractivity contribution is -0.265. The van der Waals surface area contributed by atoms with Gasteiger partial charge in [0.25, 0.3) is 5.91 Å². The van der Waals surface area contributed by atoms with Gasteiger partial charge in [-0.05, 0) is 86.2 Å². The van der Waals surface area contributed by atoms with Gasteiger partial charge in [0.05, 0.1) is 17.9 Å². The molecular formula is C32H29F4N5O4. The molecule has 0 unspecified atom stereocenters. The first kappa shape index (κ1) is 29.1. The first-order valence-corrected chi connectivity index (χ1v) is 14.6. The normalized spacial score (nSPS) is 21.7. The van der Waals surface area contributed by atoms with Gasteiger partial charge in [0.1, 0.15) is 29.3 Å². The summed E-state index contributed by atoms with van der Waals surface area (Å²) in [6.07, 6.45) is -0.122. The predicted octanol–water partition coefficient (Wildman–Crippen LogP) is 4.27. The van der Waals surface area contributed by atoms with Crippen LogP contribution in [-0.4, -0.2) is 41.2 Å². The molecule has 2 amide bonds. The average Bonchev–Trinajstić information content (AvgIpc) is 3.96. The number of hydrogen-bond acceptors (Lipinski definition) is 7. The van der Waals surface area contributed by atoms with Gasteiger partial charge < -0.3 is 31.7 Å². The van der Waals surface area contributed by atoms with Crippen molar-refractivity contribution in [2.45, 2.75) is 42.9 Å². The smallest absolute Gasteiger partial charge is 0.424 e. The molecule has 6 N–H and O–H groups in total. The number of nitrogens with two attached hydrogens (primary N) is 1. The third kappa shape index (κ3) is 4.85. The van der Waals surface area contributed by atoms with E-state index in [0.717, 1.165) is 36.7 Å². The number of carbonyl (C=O) groups is 2. The minimum Gasteiger partial charge on any atom is -0.489 e. The summed E-state index contributed by atoms with van der Waals surface area (Å²) in [6, 6.07) is 10.5. The number of hydrazine groups is 1. The molecule has 2 saturated carbocycles. The van der Waals surface area contributed by atoms with Crippen LogP contribution in [0.15, 0.2) is 54.2 Å². The highest BCUT2D eigenvalue weighted by atomic mass is 19.4.